The molecule has 0 aromatic carbocycles. The smallest absolute Gasteiger partial charge is 0.292 e. The van der Waals surface area contributed by atoms with Gasteiger partial charge in [0.15, 0.2) is 5.69 Å². The number of nitrogens with zero attached hydrogens (tertiary/aromatic N) is 7. The molecule has 0 saturated carbocycles. The van der Waals surface area contributed by atoms with Crippen LogP contribution in [-0.4, -0.2) is 41.9 Å². The van der Waals surface area contributed by atoms with Gasteiger partial charge in [0, 0.05) is 18.0 Å². The Balaban J connectivity index is 1.86. The van der Waals surface area contributed by atoms with Gasteiger partial charge in [-0.2, -0.15) is 9.78 Å². The average molecular weight is 327 g/mol. The lowest BCUT2D eigenvalue weighted by atomic mass is 10.2. The van der Waals surface area contributed by atoms with Crippen molar-refractivity contribution in [3.8, 4) is 5.82 Å². The Morgan fingerprint density at radius 3 is 2.75 bits per heavy atom. The number of aryl methyl sites for hydroxylation is 1. The summed E-state index contributed by atoms with van der Waals surface area (Å²) < 4.78 is 5.67. The standard InChI is InChI=1S/C13H13N9O2/c1-7(9-3-5-15-6-4-9)16-18-13(23)10-8(2)17-21-22(10)12-11(14)19-24-20-12/h3-6H,1-2H3,(H2,14,19)(H,18,23)/b16-7-. The molecule has 122 valence electrons. The third kappa shape index (κ3) is 2.82. The number of rotatable bonds is 4. The zero-order chi connectivity index (χ0) is 17.1. The minimum Gasteiger partial charge on any atom is -0.378 e. The predicted molar refractivity (Wildman–Crippen MR) is 82.3 cm³/mol. The van der Waals surface area contributed by atoms with Crippen molar-refractivity contribution < 1.29 is 9.42 Å². The van der Waals surface area contributed by atoms with Crippen molar-refractivity contribution in [2.75, 3.05) is 5.73 Å². The Kier molecular flexibility index (Phi) is 3.97. The van der Waals surface area contributed by atoms with Crippen molar-refractivity contribution in [1.29, 1.82) is 0 Å². The van der Waals surface area contributed by atoms with E-state index < -0.39 is 5.91 Å². The van der Waals surface area contributed by atoms with Crippen LogP contribution in [0.3, 0.4) is 0 Å². The molecular weight excluding hydrogens is 314 g/mol. The van der Waals surface area contributed by atoms with Crippen molar-refractivity contribution >= 4 is 17.4 Å². The second-order valence-electron chi connectivity index (χ2n) is 4.78. The van der Waals surface area contributed by atoms with Gasteiger partial charge in [-0.05, 0) is 36.3 Å². The van der Waals surface area contributed by atoms with E-state index in [4.69, 9.17) is 5.73 Å². The first kappa shape index (κ1) is 15.3. The van der Waals surface area contributed by atoms with E-state index in [9.17, 15) is 4.79 Å². The van der Waals surface area contributed by atoms with Gasteiger partial charge >= 0.3 is 0 Å². The number of aromatic nitrogens is 6. The molecule has 0 atom stereocenters. The highest BCUT2D eigenvalue weighted by atomic mass is 16.6. The molecule has 0 fully saturated rings. The second kappa shape index (κ2) is 6.24. The summed E-state index contributed by atoms with van der Waals surface area (Å²) in [5.74, 6) is -0.450. The Labute approximate surface area is 135 Å². The van der Waals surface area contributed by atoms with Gasteiger partial charge in [-0.3, -0.25) is 9.78 Å². The van der Waals surface area contributed by atoms with Crippen LogP contribution >= 0.6 is 0 Å². The number of hydrogen-bond acceptors (Lipinski definition) is 9. The summed E-state index contributed by atoms with van der Waals surface area (Å²) in [6.45, 7) is 3.39. The largest absolute Gasteiger partial charge is 0.378 e. The topological polar surface area (TPSA) is 150 Å². The summed E-state index contributed by atoms with van der Waals surface area (Å²) in [5.41, 5.74) is 10.0. The highest BCUT2D eigenvalue weighted by Crippen LogP contribution is 2.15. The lowest BCUT2D eigenvalue weighted by Crippen LogP contribution is -2.24. The van der Waals surface area contributed by atoms with Gasteiger partial charge in [0.1, 0.15) is 0 Å². The highest BCUT2D eigenvalue weighted by Gasteiger charge is 2.22. The molecule has 0 aliphatic heterocycles. The first-order valence-electron chi connectivity index (χ1n) is 6.83. The number of carbonyl (C=O) groups excluding carboxylic acids is 1. The summed E-state index contributed by atoms with van der Waals surface area (Å²) in [6.07, 6.45) is 3.28. The zero-order valence-corrected chi connectivity index (χ0v) is 12.8. The number of carbonyl (C=O) groups is 1. The van der Waals surface area contributed by atoms with Crippen LogP contribution in [0.1, 0.15) is 28.7 Å². The van der Waals surface area contributed by atoms with Crippen LogP contribution in [0.25, 0.3) is 5.82 Å². The van der Waals surface area contributed by atoms with Crippen molar-refractivity contribution in [3.63, 3.8) is 0 Å². The number of nitrogen functional groups attached to an aromatic ring is 1. The lowest BCUT2D eigenvalue weighted by molar-refractivity contribution is 0.0946. The van der Waals surface area contributed by atoms with E-state index in [0.717, 1.165) is 10.2 Å². The molecule has 11 nitrogen and oxygen atoms in total. The van der Waals surface area contributed by atoms with Gasteiger partial charge in [-0.25, -0.2) is 10.1 Å². The Hall–Kier alpha value is -3.63. The van der Waals surface area contributed by atoms with Crippen molar-refractivity contribution in [2.24, 2.45) is 5.10 Å². The molecule has 3 rings (SSSR count). The molecule has 24 heavy (non-hydrogen) atoms. The quantitative estimate of drug-likeness (QED) is 0.505. The molecule has 0 bridgehead atoms. The average Bonchev–Trinajstić information content (AvgIpc) is 3.18. The van der Waals surface area contributed by atoms with Gasteiger partial charge in [-0.1, -0.05) is 5.21 Å². The fourth-order valence-electron chi connectivity index (χ4n) is 1.95. The Bertz CT molecular complexity index is 897. The van der Waals surface area contributed by atoms with Gasteiger partial charge in [0.2, 0.25) is 11.6 Å². The fourth-order valence-corrected chi connectivity index (χ4v) is 1.95. The maximum absolute atomic E-state index is 12.4. The molecular formula is C13H13N9O2. The van der Waals surface area contributed by atoms with Gasteiger partial charge in [0.05, 0.1) is 11.4 Å². The van der Waals surface area contributed by atoms with E-state index in [1.807, 2.05) is 0 Å². The molecule has 0 aliphatic rings. The zero-order valence-electron chi connectivity index (χ0n) is 12.8. The van der Waals surface area contributed by atoms with E-state index in [-0.39, 0.29) is 17.3 Å². The molecule has 0 saturated heterocycles. The minimum atomic E-state index is -0.520. The number of anilines is 1. The molecule has 3 heterocycles. The number of nitrogens with two attached hydrogens (primary N) is 1. The minimum absolute atomic E-state index is 0.00887. The molecule has 0 unspecified atom stereocenters. The number of amides is 1. The molecule has 11 heteroatoms. The Morgan fingerprint density at radius 1 is 1.33 bits per heavy atom. The predicted octanol–water partition coefficient (Wildman–Crippen LogP) is 0.0899. The first-order valence-corrected chi connectivity index (χ1v) is 6.83. The van der Waals surface area contributed by atoms with Crippen LogP contribution in [0.2, 0.25) is 0 Å². The molecule has 0 radical (unpaired) electrons. The van der Waals surface area contributed by atoms with Crippen LogP contribution in [0.4, 0.5) is 5.82 Å². The van der Waals surface area contributed by atoms with E-state index in [2.05, 4.69) is 40.8 Å². The Morgan fingerprint density at radius 2 is 2.08 bits per heavy atom. The van der Waals surface area contributed by atoms with Gasteiger partial charge in [0.25, 0.3) is 5.91 Å². The van der Waals surface area contributed by atoms with Crippen molar-refractivity contribution in [3.05, 3.63) is 41.5 Å². The number of hydrogen-bond donors (Lipinski definition) is 2. The van der Waals surface area contributed by atoms with Crippen LogP contribution in [0, 0.1) is 6.92 Å². The van der Waals surface area contributed by atoms with Gasteiger partial charge in [-0.15, -0.1) is 5.10 Å². The van der Waals surface area contributed by atoms with Gasteiger partial charge < -0.3 is 5.73 Å². The third-order valence-corrected chi connectivity index (χ3v) is 3.17. The number of hydrazone groups is 1. The summed E-state index contributed by atoms with van der Waals surface area (Å²) in [4.78, 5) is 16.4. The fraction of sp³-hybridized carbons (Fsp3) is 0.154. The lowest BCUT2D eigenvalue weighted by Gasteiger charge is -2.04. The number of pyridine rings is 1. The van der Waals surface area contributed by atoms with E-state index in [1.165, 1.54) is 0 Å². The summed E-state index contributed by atoms with van der Waals surface area (Å²) >= 11 is 0. The summed E-state index contributed by atoms with van der Waals surface area (Å²) in [7, 11) is 0. The van der Waals surface area contributed by atoms with E-state index in [1.54, 1.807) is 38.4 Å². The van der Waals surface area contributed by atoms with Crippen LogP contribution in [-0.2, 0) is 0 Å². The molecule has 1 amide bonds. The number of nitrogens with one attached hydrogen (secondary N) is 1. The summed E-state index contributed by atoms with van der Waals surface area (Å²) in [5, 5.41) is 18.8. The summed E-state index contributed by atoms with van der Waals surface area (Å²) in [6, 6.07) is 3.56. The van der Waals surface area contributed by atoms with Crippen molar-refractivity contribution in [1.82, 2.24) is 35.7 Å². The SMILES string of the molecule is C/C(=N/NC(=O)c1c(C)nnn1-c1nonc1N)c1ccncc1. The maximum Gasteiger partial charge on any atom is 0.292 e. The van der Waals surface area contributed by atoms with Crippen LogP contribution in [0.5, 0.6) is 0 Å². The van der Waals surface area contributed by atoms with E-state index >= 15 is 0 Å². The first-order chi connectivity index (χ1) is 11.6. The molecule has 0 spiro atoms. The normalized spacial score (nSPS) is 11.5. The maximum atomic E-state index is 12.4. The third-order valence-electron chi connectivity index (χ3n) is 3.17. The second-order valence-corrected chi connectivity index (χ2v) is 4.78. The monoisotopic (exact) mass is 327 g/mol. The van der Waals surface area contributed by atoms with Crippen LogP contribution in [0.15, 0.2) is 34.3 Å². The molecule has 3 aromatic rings. The van der Waals surface area contributed by atoms with Crippen LogP contribution < -0.4 is 11.2 Å². The van der Waals surface area contributed by atoms with Crippen molar-refractivity contribution in [2.45, 2.75) is 13.8 Å². The molecule has 0 aliphatic carbocycles. The highest BCUT2D eigenvalue weighted by molar-refractivity contribution is 6.00. The van der Waals surface area contributed by atoms with E-state index in [0.29, 0.717) is 11.4 Å². The molecule has 3 aromatic heterocycles. The molecule has 3 N–H and O–H groups in total.